The Morgan fingerprint density at radius 2 is 1.58 bits per heavy atom. The second-order valence-electron chi connectivity index (χ2n) is 7.41. The van der Waals surface area contributed by atoms with Crippen molar-refractivity contribution in [1.29, 1.82) is 0 Å². The van der Waals surface area contributed by atoms with Gasteiger partial charge in [0.1, 0.15) is 12.4 Å². The van der Waals surface area contributed by atoms with E-state index in [4.69, 9.17) is 24.5 Å². The number of halogens is 1. The SMILES string of the molecule is CC(C)n1c[n+](C(C)C)c2cc(OCCOCCOCCOCCN=[N+]=[N-])ccc21.[I-]. The summed E-state index contributed by atoms with van der Waals surface area (Å²) in [6, 6.07) is 7.00. The second kappa shape index (κ2) is 15.3. The lowest BCUT2D eigenvalue weighted by atomic mass is 10.2. The molecule has 2 aromatic rings. The summed E-state index contributed by atoms with van der Waals surface area (Å²) in [5.41, 5.74) is 10.5. The van der Waals surface area contributed by atoms with Gasteiger partial charge in [-0.25, -0.2) is 9.13 Å². The predicted molar refractivity (Wildman–Crippen MR) is 115 cm³/mol. The Hall–Kier alpha value is -1.59. The third kappa shape index (κ3) is 9.20. The number of hydrogen-bond acceptors (Lipinski definition) is 5. The average molecular weight is 547 g/mol. The van der Waals surface area contributed by atoms with E-state index in [1.165, 1.54) is 11.0 Å². The first-order valence-electron chi connectivity index (χ1n) is 10.5. The lowest BCUT2D eigenvalue weighted by Crippen LogP contribution is -3.00. The number of ether oxygens (including phenoxy) is 4. The molecule has 0 atom stereocenters. The zero-order valence-electron chi connectivity index (χ0n) is 18.9. The van der Waals surface area contributed by atoms with Gasteiger partial charge in [-0.05, 0) is 45.4 Å². The van der Waals surface area contributed by atoms with Gasteiger partial charge in [-0.2, -0.15) is 0 Å². The number of imidazole rings is 1. The highest BCUT2D eigenvalue weighted by Crippen LogP contribution is 2.22. The van der Waals surface area contributed by atoms with Gasteiger partial charge in [-0.15, -0.1) is 0 Å². The van der Waals surface area contributed by atoms with E-state index >= 15 is 0 Å². The van der Waals surface area contributed by atoms with Crippen molar-refractivity contribution in [2.45, 2.75) is 39.8 Å². The summed E-state index contributed by atoms with van der Waals surface area (Å²) < 4.78 is 26.6. The van der Waals surface area contributed by atoms with Crippen LogP contribution in [0.4, 0.5) is 0 Å². The summed E-state index contributed by atoms with van der Waals surface area (Å²) in [6.07, 6.45) is 2.18. The predicted octanol–water partition coefficient (Wildman–Crippen LogP) is 0.834. The molecule has 1 aromatic heterocycles. The van der Waals surface area contributed by atoms with Gasteiger partial charge in [0, 0.05) is 17.5 Å². The average Bonchev–Trinajstić information content (AvgIpc) is 3.11. The van der Waals surface area contributed by atoms with Crippen LogP contribution in [-0.4, -0.2) is 57.4 Å². The van der Waals surface area contributed by atoms with Gasteiger partial charge in [-0.1, -0.05) is 5.11 Å². The molecule has 1 heterocycles. The molecule has 0 bridgehead atoms. The van der Waals surface area contributed by atoms with Crippen LogP contribution in [-0.2, 0) is 14.2 Å². The monoisotopic (exact) mass is 547 g/mol. The Balaban J connectivity index is 0.00000480. The van der Waals surface area contributed by atoms with Crippen LogP contribution in [0.3, 0.4) is 0 Å². The summed E-state index contributed by atoms with van der Waals surface area (Å²) in [5, 5.41) is 3.38. The van der Waals surface area contributed by atoms with Gasteiger partial charge in [0.25, 0.3) is 0 Å². The van der Waals surface area contributed by atoms with E-state index in [1.807, 2.05) is 6.07 Å². The number of fused-ring (bicyclic) bond motifs is 1. The summed E-state index contributed by atoms with van der Waals surface area (Å²) in [5.74, 6) is 0.844. The Bertz CT molecular complexity index is 821. The molecular formula is C21H34IN5O4. The lowest BCUT2D eigenvalue weighted by Gasteiger charge is -2.08. The molecule has 10 heteroatoms. The van der Waals surface area contributed by atoms with E-state index in [2.05, 4.69) is 65.3 Å². The fourth-order valence-corrected chi connectivity index (χ4v) is 3.01. The van der Waals surface area contributed by atoms with Crippen LogP contribution in [0.15, 0.2) is 29.6 Å². The molecule has 174 valence electrons. The molecule has 0 spiro atoms. The molecule has 0 amide bonds. The number of rotatable bonds is 15. The first kappa shape index (κ1) is 27.4. The van der Waals surface area contributed by atoms with Crippen molar-refractivity contribution in [2.75, 3.05) is 52.8 Å². The highest BCUT2D eigenvalue weighted by molar-refractivity contribution is 5.74. The van der Waals surface area contributed by atoms with Gasteiger partial charge < -0.3 is 42.9 Å². The van der Waals surface area contributed by atoms with E-state index in [0.29, 0.717) is 64.9 Å². The molecule has 1 aromatic carbocycles. The molecule has 0 aliphatic carbocycles. The third-order valence-electron chi connectivity index (χ3n) is 4.50. The van der Waals surface area contributed by atoms with Gasteiger partial charge in [0.15, 0.2) is 11.0 Å². The van der Waals surface area contributed by atoms with Crippen molar-refractivity contribution >= 4 is 11.0 Å². The number of aromatic nitrogens is 2. The summed E-state index contributed by atoms with van der Waals surface area (Å²) in [6.45, 7) is 12.5. The topological polar surface area (TPSA) is 94.5 Å². The summed E-state index contributed by atoms with van der Waals surface area (Å²) in [7, 11) is 0. The maximum atomic E-state index is 8.14. The highest BCUT2D eigenvalue weighted by Gasteiger charge is 2.20. The molecule has 0 saturated heterocycles. The first-order chi connectivity index (χ1) is 14.5. The maximum absolute atomic E-state index is 8.14. The molecule has 0 N–H and O–H groups in total. The fraction of sp³-hybridized carbons (Fsp3) is 0.667. The zero-order valence-corrected chi connectivity index (χ0v) is 21.0. The van der Waals surface area contributed by atoms with E-state index in [9.17, 15) is 0 Å². The number of benzene rings is 1. The minimum Gasteiger partial charge on any atom is -1.00 e. The standard InChI is InChI=1S/C21H34N5O4.HI/c1-17(2)25-16-26(18(3)4)21-15-19(5-6-20(21)25)30-14-13-29-12-11-28-10-9-27-8-7-23-24-22;/h5-6,15-18H,7-14H2,1-4H3;1H/q+1;/p-1. The Morgan fingerprint density at radius 3 is 2.16 bits per heavy atom. The summed E-state index contributed by atoms with van der Waals surface area (Å²) in [4.78, 5) is 2.65. The number of nitrogens with zero attached hydrogens (tertiary/aromatic N) is 5. The lowest BCUT2D eigenvalue weighted by molar-refractivity contribution is -0.692. The Morgan fingerprint density at radius 1 is 0.968 bits per heavy atom. The van der Waals surface area contributed by atoms with Crippen LogP contribution in [0.2, 0.25) is 0 Å². The normalized spacial score (nSPS) is 11.0. The van der Waals surface area contributed by atoms with Crippen LogP contribution < -0.4 is 33.3 Å². The number of hydrogen-bond donors (Lipinski definition) is 0. The number of azide groups is 1. The highest BCUT2D eigenvalue weighted by atomic mass is 127. The molecule has 31 heavy (non-hydrogen) atoms. The van der Waals surface area contributed by atoms with Crippen molar-refractivity contribution in [3.8, 4) is 5.75 Å². The molecule has 0 radical (unpaired) electrons. The Kier molecular flexibility index (Phi) is 13.5. The van der Waals surface area contributed by atoms with Crippen molar-refractivity contribution in [1.82, 2.24) is 4.57 Å². The van der Waals surface area contributed by atoms with E-state index < -0.39 is 0 Å². The van der Waals surface area contributed by atoms with Crippen molar-refractivity contribution in [3.63, 3.8) is 0 Å². The van der Waals surface area contributed by atoms with Crippen LogP contribution in [0.25, 0.3) is 21.5 Å². The zero-order chi connectivity index (χ0) is 21.8. The van der Waals surface area contributed by atoms with Gasteiger partial charge in [-0.3, -0.25) is 0 Å². The van der Waals surface area contributed by atoms with Gasteiger partial charge >= 0.3 is 0 Å². The van der Waals surface area contributed by atoms with E-state index in [0.717, 1.165) is 5.75 Å². The van der Waals surface area contributed by atoms with Crippen molar-refractivity contribution in [3.05, 3.63) is 35.0 Å². The van der Waals surface area contributed by atoms with Gasteiger partial charge in [0.05, 0.1) is 51.7 Å². The van der Waals surface area contributed by atoms with E-state index in [-0.39, 0.29) is 24.0 Å². The van der Waals surface area contributed by atoms with Crippen LogP contribution in [0.1, 0.15) is 39.8 Å². The largest absolute Gasteiger partial charge is 1.00 e. The molecule has 2 rings (SSSR count). The minimum atomic E-state index is 0. The quantitative estimate of drug-likeness (QED) is 0.0825. The maximum Gasteiger partial charge on any atom is 0.245 e. The van der Waals surface area contributed by atoms with Crippen molar-refractivity contribution in [2.24, 2.45) is 5.11 Å². The molecule has 0 aliphatic rings. The second-order valence-corrected chi connectivity index (χ2v) is 7.41. The van der Waals surface area contributed by atoms with Crippen LogP contribution >= 0.6 is 0 Å². The minimum absolute atomic E-state index is 0. The third-order valence-corrected chi connectivity index (χ3v) is 4.50. The molecule has 0 fully saturated rings. The summed E-state index contributed by atoms with van der Waals surface area (Å²) >= 11 is 0. The first-order valence-corrected chi connectivity index (χ1v) is 10.5. The molecule has 0 aliphatic heterocycles. The van der Waals surface area contributed by atoms with Crippen molar-refractivity contribution < 1.29 is 47.5 Å². The molecule has 0 unspecified atom stereocenters. The van der Waals surface area contributed by atoms with E-state index in [1.54, 1.807) is 0 Å². The van der Waals surface area contributed by atoms with Gasteiger partial charge in [0.2, 0.25) is 6.33 Å². The fourth-order valence-electron chi connectivity index (χ4n) is 3.01. The van der Waals surface area contributed by atoms with Crippen LogP contribution in [0, 0.1) is 0 Å². The molecule has 9 nitrogen and oxygen atoms in total. The molecule has 0 saturated carbocycles. The Labute approximate surface area is 201 Å². The van der Waals surface area contributed by atoms with Crippen LogP contribution in [0.5, 0.6) is 5.75 Å². The molecular weight excluding hydrogens is 513 g/mol. The smallest absolute Gasteiger partial charge is 0.245 e.